The van der Waals surface area contributed by atoms with Gasteiger partial charge in [0.15, 0.2) is 0 Å². The van der Waals surface area contributed by atoms with Crippen LogP contribution in [0.4, 0.5) is 0 Å². The number of hydrazone groups is 1. The predicted molar refractivity (Wildman–Crippen MR) is 31.6 cm³/mol. The van der Waals surface area contributed by atoms with E-state index in [-0.39, 0.29) is 0 Å². The first-order valence-corrected chi connectivity index (χ1v) is 2.95. The van der Waals surface area contributed by atoms with Crippen molar-refractivity contribution in [1.82, 2.24) is 5.01 Å². The van der Waals surface area contributed by atoms with Gasteiger partial charge in [-0.1, -0.05) is 0 Å². The van der Waals surface area contributed by atoms with Crippen molar-refractivity contribution >= 4 is 26.3 Å². The Kier molecular flexibility index (Phi) is 1.26. The molecule has 2 nitrogen and oxygen atoms in total. The molecule has 1 aliphatic heterocycles. The molecular formula is C4H6N2Se. The van der Waals surface area contributed by atoms with Gasteiger partial charge in [0.25, 0.3) is 0 Å². The van der Waals surface area contributed by atoms with E-state index in [4.69, 9.17) is 0 Å². The van der Waals surface area contributed by atoms with Gasteiger partial charge in [0, 0.05) is 0 Å². The molecule has 1 rings (SSSR count). The van der Waals surface area contributed by atoms with Gasteiger partial charge in [0.2, 0.25) is 0 Å². The first kappa shape index (κ1) is 5.01. The Morgan fingerprint density at radius 3 is 2.86 bits per heavy atom. The second kappa shape index (κ2) is 1.76. The van der Waals surface area contributed by atoms with Gasteiger partial charge in [0.05, 0.1) is 0 Å². The Morgan fingerprint density at radius 2 is 2.71 bits per heavy atom. The van der Waals surface area contributed by atoms with Gasteiger partial charge in [0.1, 0.15) is 0 Å². The summed E-state index contributed by atoms with van der Waals surface area (Å²) in [5.74, 6) is 0. The third kappa shape index (κ3) is 0.898. The van der Waals surface area contributed by atoms with Crippen LogP contribution in [0.2, 0.25) is 0 Å². The van der Waals surface area contributed by atoms with Crippen molar-refractivity contribution < 1.29 is 0 Å². The molecule has 0 spiro atoms. The van der Waals surface area contributed by atoms with Gasteiger partial charge in [-0.2, -0.15) is 0 Å². The van der Waals surface area contributed by atoms with E-state index in [2.05, 4.69) is 20.7 Å². The molecule has 0 fully saturated rings. The summed E-state index contributed by atoms with van der Waals surface area (Å²) >= 11 is 2.91. The van der Waals surface area contributed by atoms with Crippen molar-refractivity contribution in [3.63, 3.8) is 0 Å². The molecule has 1 heterocycles. The fraction of sp³-hybridized carbons (Fsp3) is 0.500. The second-order valence-electron chi connectivity index (χ2n) is 1.42. The van der Waals surface area contributed by atoms with Gasteiger partial charge in [-0.05, 0) is 0 Å². The summed E-state index contributed by atoms with van der Waals surface area (Å²) in [4.78, 5) is 0. The van der Waals surface area contributed by atoms with Crippen molar-refractivity contribution in [2.45, 2.75) is 6.42 Å². The zero-order valence-corrected chi connectivity index (χ0v) is 5.80. The van der Waals surface area contributed by atoms with Crippen LogP contribution in [0.25, 0.3) is 0 Å². The van der Waals surface area contributed by atoms with E-state index in [1.54, 1.807) is 0 Å². The Morgan fingerprint density at radius 1 is 2.00 bits per heavy atom. The van der Waals surface area contributed by atoms with Gasteiger partial charge in [-0.25, -0.2) is 0 Å². The maximum absolute atomic E-state index is 3.96. The van der Waals surface area contributed by atoms with E-state index in [0.717, 1.165) is 6.42 Å². The standard InChI is InChI=1S/C4H6N2Se/c1-6-4(7)2-3-5-6/h3H,2H2,1H3. The molecule has 7 heavy (non-hydrogen) atoms. The summed E-state index contributed by atoms with van der Waals surface area (Å²) in [6.45, 7) is 0. The van der Waals surface area contributed by atoms with Crippen LogP contribution >= 0.6 is 0 Å². The SMILES string of the molecule is CN1N=CCC1=[Se]. The molecule has 38 valence electrons. The molecule has 0 amide bonds. The van der Waals surface area contributed by atoms with E-state index in [0.29, 0.717) is 0 Å². The summed E-state index contributed by atoms with van der Waals surface area (Å²) in [6, 6.07) is 0. The minimum atomic E-state index is 0.969. The van der Waals surface area contributed by atoms with Crippen molar-refractivity contribution in [2.24, 2.45) is 5.10 Å². The van der Waals surface area contributed by atoms with Crippen LogP contribution in [0.3, 0.4) is 0 Å². The van der Waals surface area contributed by atoms with Crippen LogP contribution in [0.1, 0.15) is 6.42 Å². The first-order chi connectivity index (χ1) is 3.30. The zero-order valence-electron chi connectivity index (χ0n) is 4.09. The summed E-state index contributed by atoms with van der Waals surface area (Å²) in [5.41, 5.74) is 0. The molecule has 0 aromatic rings. The topological polar surface area (TPSA) is 15.6 Å². The number of hydrogen-bond donors (Lipinski definition) is 0. The van der Waals surface area contributed by atoms with Gasteiger partial charge in [-0.3, -0.25) is 0 Å². The predicted octanol–water partition coefficient (Wildman–Crippen LogP) is -0.394. The molecule has 0 atom stereocenters. The molecule has 0 saturated heterocycles. The number of hydrogen-bond acceptors (Lipinski definition) is 2. The van der Waals surface area contributed by atoms with Crippen molar-refractivity contribution in [3.8, 4) is 0 Å². The summed E-state index contributed by atoms with van der Waals surface area (Å²) in [5, 5.41) is 5.79. The Bertz CT molecular complexity index is 119. The average molecular weight is 161 g/mol. The van der Waals surface area contributed by atoms with E-state index in [1.165, 1.54) is 4.54 Å². The molecule has 0 saturated carbocycles. The summed E-state index contributed by atoms with van der Waals surface area (Å²) < 4.78 is 1.19. The van der Waals surface area contributed by atoms with Gasteiger partial charge < -0.3 is 0 Å². The monoisotopic (exact) mass is 162 g/mol. The Balaban J connectivity index is 2.62. The van der Waals surface area contributed by atoms with Crippen molar-refractivity contribution in [3.05, 3.63) is 0 Å². The quantitative estimate of drug-likeness (QED) is 0.441. The van der Waals surface area contributed by atoms with E-state index in [1.807, 2.05) is 18.3 Å². The molecule has 0 aromatic carbocycles. The molecule has 3 heteroatoms. The number of nitrogens with zero attached hydrogens (tertiary/aromatic N) is 2. The fourth-order valence-electron chi connectivity index (χ4n) is 0.438. The van der Waals surface area contributed by atoms with E-state index < -0.39 is 0 Å². The van der Waals surface area contributed by atoms with Crippen molar-refractivity contribution in [1.29, 1.82) is 0 Å². The molecule has 1 aliphatic rings. The summed E-state index contributed by atoms with van der Waals surface area (Å²) in [7, 11) is 1.93. The van der Waals surface area contributed by atoms with Crippen molar-refractivity contribution in [2.75, 3.05) is 7.05 Å². The van der Waals surface area contributed by atoms with Crippen LogP contribution in [0.15, 0.2) is 5.10 Å². The Labute approximate surface area is 50.6 Å². The van der Waals surface area contributed by atoms with Crippen LogP contribution in [-0.4, -0.2) is 38.4 Å². The van der Waals surface area contributed by atoms with Gasteiger partial charge in [-0.15, -0.1) is 0 Å². The maximum atomic E-state index is 3.96. The summed E-state index contributed by atoms with van der Waals surface area (Å²) in [6.07, 6.45) is 2.85. The van der Waals surface area contributed by atoms with Crippen LogP contribution in [0, 0.1) is 0 Å². The first-order valence-electron chi connectivity index (χ1n) is 2.09. The van der Waals surface area contributed by atoms with E-state index in [9.17, 15) is 0 Å². The third-order valence-electron chi connectivity index (χ3n) is 0.882. The zero-order chi connectivity index (χ0) is 5.28. The minimum absolute atomic E-state index is 0.969. The molecule has 0 N–H and O–H groups in total. The molecule has 0 unspecified atom stereocenters. The van der Waals surface area contributed by atoms with E-state index >= 15 is 0 Å². The van der Waals surface area contributed by atoms with Crippen LogP contribution in [-0.2, 0) is 0 Å². The molecule has 0 aliphatic carbocycles. The normalized spacial score (nSPS) is 19.0. The second-order valence-corrected chi connectivity index (χ2v) is 2.41. The molecule has 0 radical (unpaired) electrons. The molecular weight excluding hydrogens is 155 g/mol. The Hall–Kier alpha value is -0.141. The fourth-order valence-corrected chi connectivity index (χ4v) is 0.693. The molecule has 0 bridgehead atoms. The molecule has 0 aromatic heterocycles. The van der Waals surface area contributed by atoms with Crippen LogP contribution in [0.5, 0.6) is 0 Å². The van der Waals surface area contributed by atoms with Gasteiger partial charge >= 0.3 is 49.9 Å². The number of rotatable bonds is 0. The van der Waals surface area contributed by atoms with Crippen LogP contribution < -0.4 is 0 Å². The average Bonchev–Trinajstić information content (AvgIpc) is 1.91. The third-order valence-corrected chi connectivity index (χ3v) is 1.79.